The van der Waals surface area contributed by atoms with Gasteiger partial charge < -0.3 is 32.9 Å². The molecule has 12 nitrogen and oxygen atoms in total. The molecule has 13 heteroatoms. The van der Waals surface area contributed by atoms with E-state index in [9.17, 15) is 24.6 Å². The lowest BCUT2D eigenvalue weighted by Crippen LogP contribution is -2.59. The van der Waals surface area contributed by atoms with Gasteiger partial charge in [-0.15, -0.1) is 0 Å². The van der Waals surface area contributed by atoms with Gasteiger partial charge in [-0.05, 0) is 19.3 Å². The van der Waals surface area contributed by atoms with E-state index < -0.39 is 41.3 Å². The first-order chi connectivity index (χ1) is 11.3. The van der Waals surface area contributed by atoms with Gasteiger partial charge in [0.15, 0.2) is 5.16 Å². The number of amides is 1. The quantitative estimate of drug-likeness (QED) is 0.319. The fraction of sp³-hybridized carbons (Fsp3) is 0.615. The fourth-order valence-electron chi connectivity index (χ4n) is 3.61. The summed E-state index contributed by atoms with van der Waals surface area (Å²) in [5, 5.41) is 28.2. The summed E-state index contributed by atoms with van der Waals surface area (Å²) in [6.45, 7) is 1.44. The number of hydrogen-bond acceptors (Lipinski definition) is 8. The maximum Gasteiger partial charge on any atom is 0.329 e. The normalized spacial score (nSPS) is 32.4. The van der Waals surface area contributed by atoms with E-state index in [4.69, 9.17) is 5.73 Å². The Morgan fingerprint density at radius 3 is 2.58 bits per heavy atom. The van der Waals surface area contributed by atoms with Gasteiger partial charge in [-0.3, -0.25) is 14.7 Å². The van der Waals surface area contributed by atoms with E-state index in [-0.39, 0.29) is 29.2 Å². The van der Waals surface area contributed by atoms with Gasteiger partial charge in [-0.25, -0.2) is 9.78 Å². The van der Waals surface area contributed by atoms with Gasteiger partial charge in [0.25, 0.3) is 0 Å². The highest BCUT2D eigenvalue weighted by Gasteiger charge is 2.75. The molecular formula is C13H22N6O6S. The number of carbonyl (C=O) groups excluding carboxylic acids is 1. The predicted octanol–water partition coefficient (Wildman–Crippen LogP) is -1.76. The van der Waals surface area contributed by atoms with Gasteiger partial charge in [-0.1, -0.05) is 11.8 Å². The molecule has 1 heterocycles. The number of nitrogens with two attached hydrogens (primary N) is 1. The number of nitrogens with zero attached hydrogens (tertiary/aromatic N) is 2. The number of hydrogen-bond donors (Lipinski definition) is 6. The highest BCUT2D eigenvalue weighted by molar-refractivity contribution is 7.99. The molecule has 3 rings (SSSR count). The highest BCUT2D eigenvalue weighted by Crippen LogP contribution is 2.65. The minimum Gasteiger partial charge on any atom is -0.481 e. The molecule has 1 aromatic rings. The van der Waals surface area contributed by atoms with Crippen molar-refractivity contribution >= 4 is 29.6 Å². The van der Waals surface area contributed by atoms with Crippen LogP contribution >= 0.6 is 11.8 Å². The van der Waals surface area contributed by atoms with Crippen LogP contribution < -0.4 is 17.2 Å². The third kappa shape index (κ3) is 3.38. The Labute approximate surface area is 152 Å². The molecule has 26 heavy (non-hydrogen) atoms. The van der Waals surface area contributed by atoms with Crippen LogP contribution in [0.5, 0.6) is 0 Å². The van der Waals surface area contributed by atoms with Gasteiger partial charge in [0, 0.05) is 11.2 Å². The molecule has 1 amide bonds. The van der Waals surface area contributed by atoms with Gasteiger partial charge in [0.1, 0.15) is 11.9 Å². The number of aliphatic carboxylic acids is 2. The van der Waals surface area contributed by atoms with Crippen molar-refractivity contribution in [1.29, 1.82) is 0 Å². The van der Waals surface area contributed by atoms with Crippen molar-refractivity contribution in [3.05, 3.63) is 6.33 Å². The van der Waals surface area contributed by atoms with Crippen LogP contribution in [0.3, 0.4) is 0 Å². The molecule has 0 aromatic carbocycles. The number of carbonyl (C=O) groups is 3. The average Bonchev–Trinajstić information content (AvgIpc) is 2.90. The summed E-state index contributed by atoms with van der Waals surface area (Å²) >= 11 is 1.25. The van der Waals surface area contributed by atoms with Gasteiger partial charge in [0.05, 0.1) is 12.0 Å². The van der Waals surface area contributed by atoms with E-state index >= 15 is 0 Å². The molecule has 1 aromatic heterocycles. The number of thioether (sulfide) groups is 1. The Balaban J connectivity index is 0.00000169. The van der Waals surface area contributed by atoms with Crippen molar-refractivity contribution in [2.24, 2.45) is 23.5 Å². The SMILES string of the molecule is CC(N)C(=O)NC1(C(=O)O)CC(Sc2ncn[nH]2)C2C(C(=O)O)C21.N.O. The summed E-state index contributed by atoms with van der Waals surface area (Å²) in [7, 11) is 0. The number of carboxylic acid groups (broad SMARTS) is 2. The Hall–Kier alpha value is -2.22. The van der Waals surface area contributed by atoms with E-state index in [1.54, 1.807) is 0 Å². The number of aromatic amines is 1. The Bertz CT molecular complexity index is 685. The molecule has 0 radical (unpaired) electrons. The second-order valence-electron chi connectivity index (χ2n) is 6.17. The van der Waals surface area contributed by atoms with Crippen LogP contribution in [0.4, 0.5) is 0 Å². The topological polar surface area (TPSA) is 238 Å². The van der Waals surface area contributed by atoms with Gasteiger partial charge in [0.2, 0.25) is 5.91 Å². The second-order valence-corrected chi connectivity index (χ2v) is 7.40. The van der Waals surface area contributed by atoms with Crippen molar-refractivity contribution in [3.8, 4) is 0 Å². The smallest absolute Gasteiger partial charge is 0.329 e. The molecule has 6 atom stereocenters. The molecule has 0 bridgehead atoms. The average molecular weight is 390 g/mol. The minimum atomic E-state index is -1.63. The van der Waals surface area contributed by atoms with E-state index in [1.807, 2.05) is 0 Å². The van der Waals surface area contributed by atoms with Crippen molar-refractivity contribution < 1.29 is 30.1 Å². The Morgan fingerprint density at radius 2 is 2.12 bits per heavy atom. The van der Waals surface area contributed by atoms with Crippen molar-refractivity contribution in [1.82, 2.24) is 26.6 Å². The first kappa shape index (κ1) is 21.8. The lowest BCUT2D eigenvalue weighted by Gasteiger charge is -2.30. The number of aromatic nitrogens is 3. The standard InChI is InChI=1S/C13H17N5O5S.H3N.H2O/c1-4(14)9(19)17-13(11(22)23)2-5(24-12-15-3-16-18-12)6-7(8(6)13)10(20)21;;/h3-8H,2,14H2,1H3,(H,17,19)(H,20,21)(H,22,23)(H,15,16,18);1H3;1H2. The number of nitrogens with one attached hydrogen (secondary N) is 2. The van der Waals surface area contributed by atoms with E-state index in [0.717, 1.165) is 0 Å². The number of fused-ring (bicyclic) bond motifs is 1. The zero-order valence-electron chi connectivity index (χ0n) is 13.9. The predicted molar refractivity (Wildman–Crippen MR) is 89.5 cm³/mol. The molecule has 2 fully saturated rings. The largest absolute Gasteiger partial charge is 0.481 e. The highest BCUT2D eigenvalue weighted by atomic mass is 32.2. The van der Waals surface area contributed by atoms with Crippen molar-refractivity contribution in [2.45, 2.75) is 35.3 Å². The lowest BCUT2D eigenvalue weighted by molar-refractivity contribution is -0.149. The summed E-state index contributed by atoms with van der Waals surface area (Å²) < 4.78 is 0. The van der Waals surface area contributed by atoms with Crippen LogP contribution in [0.25, 0.3) is 0 Å². The molecule has 11 N–H and O–H groups in total. The monoisotopic (exact) mass is 390 g/mol. The maximum atomic E-state index is 12.0. The van der Waals surface area contributed by atoms with Gasteiger partial charge >= 0.3 is 11.9 Å². The van der Waals surface area contributed by atoms with Crippen LogP contribution in [0.2, 0.25) is 0 Å². The van der Waals surface area contributed by atoms with Crippen LogP contribution in [-0.2, 0) is 14.4 Å². The molecule has 2 aliphatic rings. The fourth-order valence-corrected chi connectivity index (χ4v) is 4.95. The zero-order valence-corrected chi connectivity index (χ0v) is 14.7. The molecule has 0 spiro atoms. The van der Waals surface area contributed by atoms with Crippen LogP contribution in [0.1, 0.15) is 13.3 Å². The van der Waals surface area contributed by atoms with Crippen LogP contribution in [0.15, 0.2) is 11.5 Å². The first-order valence-electron chi connectivity index (χ1n) is 7.33. The third-order valence-electron chi connectivity index (χ3n) is 4.68. The molecular weight excluding hydrogens is 368 g/mol. The summed E-state index contributed by atoms with van der Waals surface area (Å²) in [4.78, 5) is 39.4. The number of carboxylic acids is 2. The Kier molecular flexibility index (Phi) is 6.35. The minimum absolute atomic E-state index is 0. The van der Waals surface area contributed by atoms with Crippen LogP contribution in [-0.4, -0.2) is 65.5 Å². The molecule has 0 aliphatic heterocycles. The van der Waals surface area contributed by atoms with E-state index in [1.165, 1.54) is 25.0 Å². The lowest BCUT2D eigenvalue weighted by atomic mass is 9.89. The number of rotatable bonds is 6. The summed E-state index contributed by atoms with van der Waals surface area (Å²) in [5.41, 5.74) is 3.89. The van der Waals surface area contributed by atoms with Crippen LogP contribution in [0, 0.1) is 17.8 Å². The maximum absolute atomic E-state index is 12.0. The molecule has 6 unspecified atom stereocenters. The van der Waals surface area contributed by atoms with Gasteiger partial charge in [-0.2, -0.15) is 5.10 Å². The summed E-state index contributed by atoms with van der Waals surface area (Å²) in [5.74, 6) is -4.76. The number of H-pyrrole nitrogens is 1. The third-order valence-corrected chi connectivity index (χ3v) is 5.88. The molecule has 2 saturated carbocycles. The summed E-state index contributed by atoms with van der Waals surface area (Å²) in [6, 6.07) is -0.886. The Morgan fingerprint density at radius 1 is 1.46 bits per heavy atom. The molecule has 146 valence electrons. The van der Waals surface area contributed by atoms with Crippen molar-refractivity contribution in [3.63, 3.8) is 0 Å². The summed E-state index contributed by atoms with van der Waals surface area (Å²) in [6.07, 6.45) is 1.42. The molecule has 2 aliphatic carbocycles. The zero-order chi connectivity index (χ0) is 17.6. The van der Waals surface area contributed by atoms with E-state index in [2.05, 4.69) is 20.5 Å². The second kappa shape index (κ2) is 7.57. The first-order valence-corrected chi connectivity index (χ1v) is 8.21. The van der Waals surface area contributed by atoms with E-state index in [0.29, 0.717) is 5.16 Å². The molecule has 0 saturated heterocycles. The van der Waals surface area contributed by atoms with Crippen molar-refractivity contribution in [2.75, 3.05) is 0 Å².